The van der Waals surface area contributed by atoms with E-state index in [0.29, 0.717) is 16.1 Å². The minimum atomic E-state index is 0.530. The fourth-order valence-corrected chi connectivity index (χ4v) is 2.37. The van der Waals surface area contributed by atoms with Gasteiger partial charge in [0.25, 0.3) is 0 Å². The second-order valence-corrected chi connectivity index (χ2v) is 4.85. The number of rotatable bonds is 2. The Morgan fingerprint density at radius 2 is 1.90 bits per heavy atom. The quantitative estimate of drug-likeness (QED) is 0.716. The SMILES string of the molecule is N#Cc1ccc2[nH]c(-c3ccc(Cl)cc3)c(C=O)c2c1. The molecule has 2 aromatic carbocycles. The van der Waals surface area contributed by atoms with Gasteiger partial charge in [-0.2, -0.15) is 5.26 Å². The first kappa shape index (κ1) is 12.5. The third-order valence-electron chi connectivity index (χ3n) is 3.22. The van der Waals surface area contributed by atoms with Gasteiger partial charge in [-0.15, -0.1) is 0 Å². The number of carbonyl (C=O) groups excluding carboxylic acids is 1. The van der Waals surface area contributed by atoms with Crippen molar-refractivity contribution in [3.63, 3.8) is 0 Å². The van der Waals surface area contributed by atoms with Crippen LogP contribution < -0.4 is 0 Å². The van der Waals surface area contributed by atoms with Gasteiger partial charge >= 0.3 is 0 Å². The van der Waals surface area contributed by atoms with Gasteiger partial charge in [-0.1, -0.05) is 23.7 Å². The van der Waals surface area contributed by atoms with E-state index in [1.54, 1.807) is 30.3 Å². The van der Waals surface area contributed by atoms with Crippen molar-refractivity contribution in [2.24, 2.45) is 0 Å². The lowest BCUT2D eigenvalue weighted by molar-refractivity contribution is 0.112. The lowest BCUT2D eigenvalue weighted by atomic mass is 10.1. The van der Waals surface area contributed by atoms with Gasteiger partial charge in [0, 0.05) is 21.5 Å². The van der Waals surface area contributed by atoms with Crippen LogP contribution in [-0.4, -0.2) is 11.3 Å². The topological polar surface area (TPSA) is 56.6 Å². The van der Waals surface area contributed by atoms with Crippen LogP contribution in [0.4, 0.5) is 0 Å². The number of hydrogen-bond acceptors (Lipinski definition) is 2. The van der Waals surface area contributed by atoms with Crippen LogP contribution in [0.5, 0.6) is 0 Å². The second kappa shape index (κ2) is 4.84. The molecule has 0 unspecified atom stereocenters. The van der Waals surface area contributed by atoms with Gasteiger partial charge in [0.15, 0.2) is 6.29 Å². The Balaban J connectivity index is 2.28. The van der Waals surface area contributed by atoms with Crippen LogP contribution in [-0.2, 0) is 0 Å². The number of aldehydes is 1. The molecule has 0 saturated carbocycles. The van der Waals surface area contributed by atoms with E-state index in [0.717, 1.165) is 28.4 Å². The fourth-order valence-electron chi connectivity index (χ4n) is 2.25. The Labute approximate surface area is 120 Å². The van der Waals surface area contributed by atoms with Gasteiger partial charge in [-0.25, -0.2) is 0 Å². The minimum absolute atomic E-state index is 0.530. The third-order valence-corrected chi connectivity index (χ3v) is 3.47. The molecule has 0 radical (unpaired) electrons. The van der Waals surface area contributed by atoms with Gasteiger partial charge in [0.1, 0.15) is 0 Å². The Hall–Kier alpha value is -2.57. The van der Waals surface area contributed by atoms with E-state index >= 15 is 0 Å². The number of benzene rings is 2. The van der Waals surface area contributed by atoms with Crippen molar-refractivity contribution in [1.82, 2.24) is 4.98 Å². The summed E-state index contributed by atoms with van der Waals surface area (Å²) in [5.41, 5.74) is 3.53. The highest BCUT2D eigenvalue weighted by molar-refractivity contribution is 6.30. The van der Waals surface area contributed by atoms with Crippen molar-refractivity contribution in [1.29, 1.82) is 5.26 Å². The highest BCUT2D eigenvalue weighted by Crippen LogP contribution is 2.30. The number of fused-ring (bicyclic) bond motifs is 1. The molecule has 0 aliphatic rings. The van der Waals surface area contributed by atoms with Crippen LogP contribution >= 0.6 is 11.6 Å². The molecule has 0 aliphatic heterocycles. The molecule has 3 nitrogen and oxygen atoms in total. The molecule has 3 rings (SSSR count). The average molecular weight is 281 g/mol. The molecule has 96 valence electrons. The monoisotopic (exact) mass is 280 g/mol. The summed E-state index contributed by atoms with van der Waals surface area (Å²) in [5, 5.41) is 10.3. The van der Waals surface area contributed by atoms with E-state index in [2.05, 4.69) is 11.1 Å². The molecule has 1 heterocycles. The number of H-pyrrole nitrogens is 1. The van der Waals surface area contributed by atoms with Gasteiger partial charge in [0.05, 0.1) is 17.3 Å². The molecule has 0 spiro atoms. The fraction of sp³-hybridized carbons (Fsp3) is 0. The van der Waals surface area contributed by atoms with E-state index in [9.17, 15) is 4.79 Å². The normalized spacial score (nSPS) is 10.4. The highest BCUT2D eigenvalue weighted by atomic mass is 35.5. The molecular weight excluding hydrogens is 272 g/mol. The van der Waals surface area contributed by atoms with Crippen molar-refractivity contribution in [2.75, 3.05) is 0 Å². The van der Waals surface area contributed by atoms with Crippen molar-refractivity contribution in [3.8, 4) is 17.3 Å². The van der Waals surface area contributed by atoms with Crippen LogP contribution in [0.15, 0.2) is 42.5 Å². The molecule has 0 bridgehead atoms. The summed E-state index contributed by atoms with van der Waals surface area (Å²) in [6, 6.07) is 14.6. The molecule has 0 aliphatic carbocycles. The zero-order valence-electron chi connectivity index (χ0n) is 10.4. The molecule has 0 fully saturated rings. The number of hydrogen-bond donors (Lipinski definition) is 1. The van der Waals surface area contributed by atoms with E-state index in [4.69, 9.17) is 16.9 Å². The van der Waals surface area contributed by atoms with Crippen molar-refractivity contribution in [3.05, 3.63) is 58.6 Å². The third kappa shape index (κ3) is 1.97. The molecular formula is C16H9ClN2O. The van der Waals surface area contributed by atoms with Gasteiger partial charge in [0.2, 0.25) is 0 Å². The molecule has 0 atom stereocenters. The maximum atomic E-state index is 11.4. The Bertz CT molecular complexity index is 841. The van der Waals surface area contributed by atoms with E-state index in [1.165, 1.54) is 0 Å². The second-order valence-electron chi connectivity index (χ2n) is 4.41. The van der Waals surface area contributed by atoms with Crippen molar-refractivity contribution >= 4 is 28.8 Å². The molecule has 0 saturated heterocycles. The summed E-state index contributed by atoms with van der Waals surface area (Å²) in [6.07, 6.45) is 0.809. The van der Waals surface area contributed by atoms with E-state index in [-0.39, 0.29) is 0 Å². The lowest BCUT2D eigenvalue weighted by Gasteiger charge is -1.99. The summed E-state index contributed by atoms with van der Waals surface area (Å²) in [7, 11) is 0. The standard InChI is InChI=1S/C16H9ClN2O/c17-12-4-2-11(3-5-12)16-14(9-20)13-7-10(8-18)1-6-15(13)19-16/h1-7,9,19H. The van der Waals surface area contributed by atoms with E-state index in [1.807, 2.05) is 12.1 Å². The Kier molecular flexibility index (Phi) is 3.02. The molecule has 1 N–H and O–H groups in total. The van der Waals surface area contributed by atoms with Gasteiger partial charge < -0.3 is 4.98 Å². The maximum Gasteiger partial charge on any atom is 0.152 e. The summed E-state index contributed by atoms with van der Waals surface area (Å²) in [4.78, 5) is 14.6. The zero-order valence-corrected chi connectivity index (χ0v) is 11.1. The largest absolute Gasteiger partial charge is 0.354 e. The number of nitrogens with zero attached hydrogens (tertiary/aromatic N) is 1. The zero-order chi connectivity index (χ0) is 14.1. The Morgan fingerprint density at radius 3 is 2.55 bits per heavy atom. The van der Waals surface area contributed by atoms with E-state index < -0.39 is 0 Å². The van der Waals surface area contributed by atoms with Gasteiger partial charge in [-0.3, -0.25) is 4.79 Å². The lowest BCUT2D eigenvalue weighted by Crippen LogP contribution is -1.84. The highest BCUT2D eigenvalue weighted by Gasteiger charge is 2.13. The Morgan fingerprint density at radius 1 is 1.15 bits per heavy atom. The number of nitrogens with one attached hydrogen (secondary N) is 1. The summed E-state index contributed by atoms with van der Waals surface area (Å²) >= 11 is 5.88. The van der Waals surface area contributed by atoms with Crippen LogP contribution in [0.3, 0.4) is 0 Å². The van der Waals surface area contributed by atoms with Crippen molar-refractivity contribution < 1.29 is 4.79 Å². The first-order valence-electron chi connectivity index (χ1n) is 6.00. The first-order valence-corrected chi connectivity index (χ1v) is 6.37. The maximum absolute atomic E-state index is 11.4. The smallest absolute Gasteiger partial charge is 0.152 e. The number of carbonyl (C=O) groups is 1. The van der Waals surface area contributed by atoms with Crippen LogP contribution in [0.2, 0.25) is 5.02 Å². The summed E-state index contributed by atoms with van der Waals surface area (Å²) in [6.45, 7) is 0. The molecule has 4 heteroatoms. The number of nitriles is 1. The minimum Gasteiger partial charge on any atom is -0.354 e. The molecule has 20 heavy (non-hydrogen) atoms. The molecule has 0 amide bonds. The number of aromatic nitrogens is 1. The summed E-state index contributed by atoms with van der Waals surface area (Å²) < 4.78 is 0. The van der Waals surface area contributed by atoms with Crippen molar-refractivity contribution in [2.45, 2.75) is 0 Å². The van der Waals surface area contributed by atoms with Crippen LogP contribution in [0.1, 0.15) is 15.9 Å². The predicted molar refractivity (Wildman–Crippen MR) is 78.8 cm³/mol. The number of halogens is 1. The van der Waals surface area contributed by atoms with Crippen LogP contribution in [0.25, 0.3) is 22.2 Å². The molecule has 3 aromatic rings. The van der Waals surface area contributed by atoms with Gasteiger partial charge in [-0.05, 0) is 35.9 Å². The summed E-state index contributed by atoms with van der Waals surface area (Å²) in [5.74, 6) is 0. The molecule has 1 aromatic heterocycles. The predicted octanol–water partition coefficient (Wildman–Crippen LogP) is 4.17. The number of aromatic amines is 1. The van der Waals surface area contributed by atoms with Crippen LogP contribution in [0, 0.1) is 11.3 Å². The average Bonchev–Trinajstić information content (AvgIpc) is 2.85. The first-order chi connectivity index (χ1) is 9.72.